The van der Waals surface area contributed by atoms with Gasteiger partial charge in [0.2, 0.25) is 5.91 Å². The molecule has 1 N–H and O–H groups in total. The molecule has 5 heteroatoms. The molecule has 1 aliphatic carbocycles. The van der Waals surface area contributed by atoms with Crippen LogP contribution in [0.15, 0.2) is 18.2 Å². The van der Waals surface area contributed by atoms with Crippen molar-refractivity contribution in [2.24, 2.45) is 5.92 Å². The minimum Gasteiger partial charge on any atom is -0.492 e. The van der Waals surface area contributed by atoms with Crippen molar-refractivity contribution in [1.82, 2.24) is 5.32 Å². The Labute approximate surface area is 97.8 Å². The molecule has 17 heavy (non-hydrogen) atoms. The zero-order valence-electron chi connectivity index (χ0n) is 9.21. The van der Waals surface area contributed by atoms with Crippen LogP contribution in [0.25, 0.3) is 0 Å². The molecule has 0 aromatic heterocycles. The average molecular weight is 241 g/mol. The number of hydrogen-bond donors (Lipinski definition) is 1. The molecule has 1 fully saturated rings. The van der Waals surface area contributed by atoms with Crippen LogP contribution in [0.4, 0.5) is 8.78 Å². The van der Waals surface area contributed by atoms with Crippen LogP contribution in [-0.4, -0.2) is 19.1 Å². The fourth-order valence-electron chi connectivity index (χ4n) is 1.44. The number of halogens is 2. The van der Waals surface area contributed by atoms with Crippen LogP contribution in [0.2, 0.25) is 0 Å². The number of ether oxygens (including phenoxy) is 1. The fourth-order valence-corrected chi connectivity index (χ4v) is 1.44. The highest BCUT2D eigenvalue weighted by Gasteiger charge is 2.28. The molecule has 1 amide bonds. The van der Waals surface area contributed by atoms with Crippen LogP contribution < -0.4 is 10.1 Å². The molecule has 1 aliphatic rings. The average Bonchev–Trinajstić information content (AvgIpc) is 3.06. The number of amides is 1. The summed E-state index contributed by atoms with van der Waals surface area (Å²) in [4.78, 5) is 11.2. The van der Waals surface area contributed by atoms with Crippen molar-refractivity contribution >= 4 is 5.91 Å². The maximum Gasteiger partial charge on any atom is 0.223 e. The van der Waals surface area contributed by atoms with E-state index in [1.165, 1.54) is 0 Å². The van der Waals surface area contributed by atoms with Crippen LogP contribution in [0.3, 0.4) is 0 Å². The van der Waals surface area contributed by atoms with Crippen LogP contribution in [0.1, 0.15) is 12.8 Å². The minimum absolute atomic E-state index is 0.0269. The molecule has 2 rings (SSSR count). The molecule has 0 bridgehead atoms. The van der Waals surface area contributed by atoms with Crippen molar-refractivity contribution in [1.29, 1.82) is 0 Å². The first kappa shape index (κ1) is 11.8. The topological polar surface area (TPSA) is 38.3 Å². The predicted molar refractivity (Wildman–Crippen MR) is 57.6 cm³/mol. The summed E-state index contributed by atoms with van der Waals surface area (Å²) in [6.07, 6.45) is 1.89. The van der Waals surface area contributed by atoms with E-state index in [1.54, 1.807) is 0 Å². The summed E-state index contributed by atoms with van der Waals surface area (Å²) in [6.45, 7) is 0.537. The Bertz CT molecular complexity index is 399. The summed E-state index contributed by atoms with van der Waals surface area (Å²) in [5, 5.41) is 2.69. The number of benzene rings is 1. The minimum atomic E-state index is -0.679. The first-order valence-electron chi connectivity index (χ1n) is 5.52. The van der Waals surface area contributed by atoms with E-state index in [2.05, 4.69) is 5.32 Å². The van der Waals surface area contributed by atoms with Crippen LogP contribution in [0.5, 0.6) is 5.75 Å². The molecule has 1 aromatic carbocycles. The van der Waals surface area contributed by atoms with Gasteiger partial charge < -0.3 is 10.1 Å². The van der Waals surface area contributed by atoms with Crippen LogP contribution in [-0.2, 0) is 4.79 Å². The predicted octanol–water partition coefficient (Wildman–Crippen LogP) is 1.87. The molecule has 0 unspecified atom stereocenters. The van der Waals surface area contributed by atoms with Gasteiger partial charge in [0.1, 0.15) is 24.0 Å². The summed E-state index contributed by atoms with van der Waals surface area (Å²) >= 11 is 0. The van der Waals surface area contributed by atoms with E-state index >= 15 is 0 Å². The second kappa shape index (κ2) is 5.12. The highest BCUT2D eigenvalue weighted by atomic mass is 19.1. The van der Waals surface area contributed by atoms with Gasteiger partial charge in [-0.1, -0.05) is 0 Å². The third-order valence-corrected chi connectivity index (χ3v) is 2.45. The molecule has 0 aliphatic heterocycles. The SMILES string of the molecule is O=C(NCCOc1cc(F)cc(F)c1)C1CC1. The van der Waals surface area contributed by atoms with Crippen molar-refractivity contribution in [3.63, 3.8) is 0 Å². The first-order chi connectivity index (χ1) is 8.15. The Balaban J connectivity index is 1.71. The Morgan fingerprint density at radius 3 is 2.53 bits per heavy atom. The molecule has 0 saturated heterocycles. The molecule has 0 radical (unpaired) electrons. The summed E-state index contributed by atoms with van der Waals surface area (Å²) in [7, 11) is 0. The van der Waals surface area contributed by atoms with E-state index in [0.29, 0.717) is 6.54 Å². The molecular weight excluding hydrogens is 228 g/mol. The lowest BCUT2D eigenvalue weighted by Gasteiger charge is -2.07. The van der Waals surface area contributed by atoms with Gasteiger partial charge in [0, 0.05) is 24.1 Å². The summed E-state index contributed by atoms with van der Waals surface area (Å²) < 4.78 is 30.7. The van der Waals surface area contributed by atoms with Crippen LogP contribution >= 0.6 is 0 Å². The standard InChI is InChI=1S/C12H13F2NO2/c13-9-5-10(14)7-11(6-9)17-4-3-15-12(16)8-1-2-8/h5-8H,1-4H2,(H,15,16). The van der Waals surface area contributed by atoms with E-state index in [0.717, 1.165) is 31.0 Å². The lowest BCUT2D eigenvalue weighted by Crippen LogP contribution is -2.29. The Morgan fingerprint density at radius 2 is 1.94 bits per heavy atom. The van der Waals surface area contributed by atoms with Gasteiger partial charge in [0.05, 0.1) is 6.54 Å². The quantitative estimate of drug-likeness (QED) is 0.799. The second-order valence-electron chi connectivity index (χ2n) is 4.02. The number of hydrogen-bond acceptors (Lipinski definition) is 2. The van der Waals surface area contributed by atoms with E-state index in [9.17, 15) is 13.6 Å². The smallest absolute Gasteiger partial charge is 0.223 e. The van der Waals surface area contributed by atoms with Crippen molar-refractivity contribution in [2.45, 2.75) is 12.8 Å². The molecule has 1 aromatic rings. The highest BCUT2D eigenvalue weighted by Crippen LogP contribution is 2.28. The molecule has 1 saturated carbocycles. The molecule has 0 heterocycles. The summed E-state index contributed by atoms with van der Waals surface area (Å²) in [5.41, 5.74) is 0. The van der Waals surface area contributed by atoms with Gasteiger partial charge in [0.25, 0.3) is 0 Å². The van der Waals surface area contributed by atoms with Gasteiger partial charge in [-0.2, -0.15) is 0 Å². The van der Waals surface area contributed by atoms with Gasteiger partial charge in [-0.05, 0) is 12.8 Å². The lowest BCUT2D eigenvalue weighted by atomic mass is 10.3. The van der Waals surface area contributed by atoms with E-state index < -0.39 is 11.6 Å². The Kier molecular flexibility index (Phi) is 3.56. The van der Waals surface area contributed by atoms with Crippen molar-refractivity contribution in [3.8, 4) is 5.75 Å². The lowest BCUT2D eigenvalue weighted by molar-refractivity contribution is -0.122. The van der Waals surface area contributed by atoms with Gasteiger partial charge in [0.15, 0.2) is 0 Å². The number of rotatable bonds is 5. The van der Waals surface area contributed by atoms with Gasteiger partial charge in [-0.15, -0.1) is 0 Å². The molecule has 3 nitrogen and oxygen atoms in total. The number of nitrogens with one attached hydrogen (secondary N) is 1. The van der Waals surface area contributed by atoms with Crippen molar-refractivity contribution in [2.75, 3.05) is 13.2 Å². The van der Waals surface area contributed by atoms with Gasteiger partial charge >= 0.3 is 0 Å². The summed E-state index contributed by atoms with van der Waals surface area (Å²) in [6, 6.07) is 2.99. The zero-order valence-corrected chi connectivity index (χ0v) is 9.21. The fraction of sp³-hybridized carbons (Fsp3) is 0.417. The van der Waals surface area contributed by atoms with Crippen LogP contribution in [0, 0.1) is 17.6 Å². The first-order valence-corrected chi connectivity index (χ1v) is 5.52. The molecule has 0 spiro atoms. The monoisotopic (exact) mass is 241 g/mol. The zero-order chi connectivity index (χ0) is 12.3. The largest absolute Gasteiger partial charge is 0.492 e. The third-order valence-electron chi connectivity index (χ3n) is 2.45. The molecular formula is C12H13F2NO2. The maximum atomic E-state index is 12.8. The molecule has 0 atom stereocenters. The number of carbonyl (C=O) groups is 1. The van der Waals surface area contributed by atoms with E-state index in [-0.39, 0.29) is 24.2 Å². The maximum absolute atomic E-state index is 12.8. The van der Waals surface area contributed by atoms with E-state index in [1.807, 2.05) is 0 Å². The van der Waals surface area contributed by atoms with Crippen molar-refractivity contribution < 1.29 is 18.3 Å². The Hall–Kier alpha value is -1.65. The van der Waals surface area contributed by atoms with Crippen molar-refractivity contribution in [3.05, 3.63) is 29.8 Å². The normalized spacial score (nSPS) is 14.5. The van der Waals surface area contributed by atoms with Gasteiger partial charge in [-0.3, -0.25) is 4.79 Å². The molecule has 92 valence electrons. The third kappa shape index (κ3) is 3.69. The second-order valence-corrected chi connectivity index (χ2v) is 4.02. The van der Waals surface area contributed by atoms with E-state index in [4.69, 9.17) is 4.74 Å². The van der Waals surface area contributed by atoms with Gasteiger partial charge in [-0.25, -0.2) is 8.78 Å². The number of carbonyl (C=O) groups excluding carboxylic acids is 1. The highest BCUT2D eigenvalue weighted by molar-refractivity contribution is 5.80. The summed E-state index contributed by atoms with van der Waals surface area (Å²) in [5.74, 6) is -1.05. The Morgan fingerprint density at radius 1 is 1.29 bits per heavy atom.